The zero-order chi connectivity index (χ0) is 22.5. The van der Waals surface area contributed by atoms with Crippen LogP contribution in [-0.4, -0.2) is 31.7 Å². The van der Waals surface area contributed by atoms with Gasteiger partial charge in [0.15, 0.2) is 22.8 Å². The normalized spacial score (nSPS) is 11.0. The van der Waals surface area contributed by atoms with Crippen LogP contribution in [0.4, 0.5) is 0 Å². The lowest BCUT2D eigenvalue weighted by Gasteiger charge is -2.09. The van der Waals surface area contributed by atoms with Crippen LogP contribution in [0.2, 0.25) is 0 Å². The fourth-order valence-corrected chi connectivity index (χ4v) is 3.96. The van der Waals surface area contributed by atoms with E-state index >= 15 is 0 Å². The number of amides is 1. The quantitative estimate of drug-likeness (QED) is 0.357. The number of aryl methyl sites for hydroxylation is 1. The van der Waals surface area contributed by atoms with Crippen molar-refractivity contribution in [3.63, 3.8) is 0 Å². The third-order valence-electron chi connectivity index (χ3n) is 4.89. The highest BCUT2D eigenvalue weighted by atomic mass is 32.2. The van der Waals surface area contributed by atoms with Gasteiger partial charge in [-0.25, -0.2) is 4.98 Å². The zero-order valence-corrected chi connectivity index (χ0v) is 19.0. The van der Waals surface area contributed by atoms with Crippen molar-refractivity contribution in [3.8, 4) is 11.5 Å². The number of oxazole rings is 1. The van der Waals surface area contributed by atoms with Crippen molar-refractivity contribution >= 4 is 28.8 Å². The van der Waals surface area contributed by atoms with Crippen molar-refractivity contribution in [2.24, 2.45) is 0 Å². The Labute approximate surface area is 190 Å². The molecule has 0 fully saturated rings. The average Bonchev–Trinajstić information content (AvgIpc) is 3.44. The third kappa shape index (κ3) is 5.08. The highest BCUT2D eigenvalue weighted by molar-refractivity contribution is 7.98. The molecule has 4 aromatic rings. The van der Waals surface area contributed by atoms with Crippen molar-refractivity contribution in [3.05, 3.63) is 71.2 Å². The highest BCUT2D eigenvalue weighted by Gasteiger charge is 2.13. The van der Waals surface area contributed by atoms with Crippen molar-refractivity contribution in [1.29, 1.82) is 0 Å². The van der Waals surface area contributed by atoms with Gasteiger partial charge in [0, 0.05) is 6.54 Å². The summed E-state index contributed by atoms with van der Waals surface area (Å²) in [6.45, 7) is 2.49. The first kappa shape index (κ1) is 21.8. The van der Waals surface area contributed by atoms with Crippen LogP contribution < -0.4 is 14.8 Å². The molecule has 0 saturated heterocycles. The van der Waals surface area contributed by atoms with Gasteiger partial charge in [-0.3, -0.25) is 4.79 Å². The number of aromatic nitrogens is 1. The summed E-state index contributed by atoms with van der Waals surface area (Å²) in [7, 11) is 3.20. The maximum absolute atomic E-state index is 12.4. The van der Waals surface area contributed by atoms with E-state index in [0.29, 0.717) is 41.2 Å². The molecule has 2 aromatic heterocycles. The first-order chi connectivity index (χ1) is 15.6. The Morgan fingerprint density at radius 2 is 1.88 bits per heavy atom. The van der Waals surface area contributed by atoms with Gasteiger partial charge in [-0.05, 0) is 60.9 Å². The number of hydrogen-bond donors (Lipinski definition) is 1. The molecule has 0 bridgehead atoms. The number of carbonyl (C=O) groups excluding carboxylic acids is 1. The Balaban J connectivity index is 1.28. The van der Waals surface area contributed by atoms with Crippen molar-refractivity contribution in [1.82, 2.24) is 10.3 Å². The number of hydrogen-bond acceptors (Lipinski definition) is 7. The minimum absolute atomic E-state index is 0.251. The molecule has 2 heterocycles. The molecule has 2 aromatic carbocycles. The number of thioether (sulfide) groups is 1. The molecule has 0 saturated carbocycles. The number of methoxy groups -OCH3 is 2. The maximum atomic E-state index is 12.4. The molecule has 0 spiro atoms. The van der Waals surface area contributed by atoms with E-state index in [-0.39, 0.29) is 11.7 Å². The summed E-state index contributed by atoms with van der Waals surface area (Å²) < 4.78 is 22.0. The molecule has 8 heteroatoms. The first-order valence-electron chi connectivity index (χ1n) is 10.1. The number of rotatable bonds is 9. The summed E-state index contributed by atoms with van der Waals surface area (Å²) in [5.74, 6) is 2.57. The van der Waals surface area contributed by atoms with E-state index in [1.807, 2.05) is 43.3 Å². The van der Waals surface area contributed by atoms with E-state index in [0.717, 1.165) is 22.2 Å². The van der Waals surface area contributed by atoms with Crippen LogP contribution in [0.1, 0.15) is 27.4 Å². The summed E-state index contributed by atoms with van der Waals surface area (Å²) in [6, 6.07) is 15.1. The van der Waals surface area contributed by atoms with Crippen LogP contribution in [0.15, 0.2) is 62.6 Å². The standard InChI is InChI=1S/C24H24N2O5S/c1-15-4-7-18-21(12-15)31-24(26-18)32-14-17-6-9-20(30-17)23(27)25-11-10-16-5-8-19(28-2)22(13-16)29-3/h4-9,12-13H,10-11,14H2,1-3H3,(H,25,27). The molecule has 32 heavy (non-hydrogen) atoms. The van der Waals surface area contributed by atoms with Crippen LogP contribution in [0.3, 0.4) is 0 Å². The lowest BCUT2D eigenvalue weighted by molar-refractivity contribution is 0.0925. The number of ether oxygens (including phenoxy) is 2. The minimum atomic E-state index is -0.251. The predicted molar refractivity (Wildman–Crippen MR) is 123 cm³/mol. The predicted octanol–water partition coefficient (Wildman–Crippen LogP) is 5.01. The fraction of sp³-hybridized carbons (Fsp3) is 0.250. The molecule has 1 amide bonds. The van der Waals surface area contributed by atoms with Gasteiger partial charge in [-0.2, -0.15) is 0 Å². The highest BCUT2D eigenvalue weighted by Crippen LogP contribution is 2.28. The summed E-state index contributed by atoms with van der Waals surface area (Å²) in [5, 5.41) is 3.45. The zero-order valence-electron chi connectivity index (χ0n) is 18.1. The van der Waals surface area contributed by atoms with Crippen LogP contribution in [0.25, 0.3) is 11.1 Å². The van der Waals surface area contributed by atoms with Crippen molar-refractivity contribution in [2.75, 3.05) is 20.8 Å². The van der Waals surface area contributed by atoms with E-state index in [2.05, 4.69) is 10.3 Å². The maximum Gasteiger partial charge on any atom is 0.287 e. The van der Waals surface area contributed by atoms with E-state index in [1.54, 1.807) is 26.4 Å². The molecule has 1 N–H and O–H groups in total. The number of furan rings is 1. The molecule has 7 nitrogen and oxygen atoms in total. The molecular weight excluding hydrogens is 428 g/mol. The number of nitrogens with zero attached hydrogens (tertiary/aromatic N) is 1. The minimum Gasteiger partial charge on any atom is -0.493 e. The molecule has 166 valence electrons. The van der Waals surface area contributed by atoms with Gasteiger partial charge < -0.3 is 23.6 Å². The van der Waals surface area contributed by atoms with Gasteiger partial charge >= 0.3 is 0 Å². The van der Waals surface area contributed by atoms with E-state index in [4.69, 9.17) is 18.3 Å². The number of carbonyl (C=O) groups is 1. The summed E-state index contributed by atoms with van der Waals surface area (Å²) in [5.41, 5.74) is 3.75. The molecule has 0 aliphatic rings. The molecule has 0 radical (unpaired) electrons. The van der Waals surface area contributed by atoms with Gasteiger partial charge in [-0.1, -0.05) is 23.9 Å². The van der Waals surface area contributed by atoms with Crippen LogP contribution in [0.5, 0.6) is 11.5 Å². The Morgan fingerprint density at radius 1 is 1.03 bits per heavy atom. The first-order valence-corrected chi connectivity index (χ1v) is 11.1. The summed E-state index contributed by atoms with van der Waals surface area (Å²) >= 11 is 1.43. The van der Waals surface area contributed by atoms with Gasteiger partial charge in [0.2, 0.25) is 0 Å². The second kappa shape index (κ2) is 9.82. The SMILES string of the molecule is COc1ccc(CCNC(=O)c2ccc(CSc3nc4ccc(C)cc4o3)o2)cc1OC. The molecule has 0 aliphatic carbocycles. The van der Waals surface area contributed by atoms with Gasteiger partial charge in [0.25, 0.3) is 11.1 Å². The second-order valence-corrected chi connectivity index (χ2v) is 8.13. The van der Waals surface area contributed by atoms with Gasteiger partial charge in [0.05, 0.1) is 20.0 Å². The number of nitrogens with one attached hydrogen (secondary N) is 1. The lowest BCUT2D eigenvalue weighted by atomic mass is 10.1. The van der Waals surface area contributed by atoms with Gasteiger partial charge in [-0.15, -0.1) is 0 Å². The Morgan fingerprint density at radius 3 is 2.69 bits per heavy atom. The Hall–Kier alpha value is -3.39. The smallest absolute Gasteiger partial charge is 0.287 e. The molecular formula is C24H24N2O5S. The monoisotopic (exact) mass is 452 g/mol. The molecule has 0 unspecified atom stereocenters. The Kier molecular flexibility index (Phi) is 6.70. The second-order valence-electron chi connectivity index (χ2n) is 7.20. The number of fused-ring (bicyclic) bond motifs is 1. The van der Waals surface area contributed by atoms with Crippen LogP contribution in [0, 0.1) is 6.92 Å². The Bertz CT molecular complexity index is 1230. The fourth-order valence-electron chi connectivity index (χ4n) is 3.23. The number of benzene rings is 2. The van der Waals surface area contributed by atoms with E-state index < -0.39 is 0 Å². The van der Waals surface area contributed by atoms with E-state index in [9.17, 15) is 4.79 Å². The van der Waals surface area contributed by atoms with Gasteiger partial charge in [0.1, 0.15) is 11.3 Å². The van der Waals surface area contributed by atoms with Crippen molar-refractivity contribution < 1.29 is 23.1 Å². The summed E-state index contributed by atoms with van der Waals surface area (Å²) in [4.78, 5) is 16.9. The van der Waals surface area contributed by atoms with Crippen LogP contribution in [-0.2, 0) is 12.2 Å². The third-order valence-corrected chi connectivity index (χ3v) is 5.75. The summed E-state index contributed by atoms with van der Waals surface area (Å²) in [6.07, 6.45) is 0.659. The topological polar surface area (TPSA) is 86.7 Å². The molecule has 0 aliphatic heterocycles. The average molecular weight is 453 g/mol. The lowest BCUT2D eigenvalue weighted by Crippen LogP contribution is -2.25. The molecule has 4 rings (SSSR count). The molecule has 0 atom stereocenters. The van der Waals surface area contributed by atoms with Crippen molar-refractivity contribution in [2.45, 2.75) is 24.3 Å². The largest absolute Gasteiger partial charge is 0.493 e. The van der Waals surface area contributed by atoms with Crippen LogP contribution >= 0.6 is 11.8 Å². The van der Waals surface area contributed by atoms with E-state index in [1.165, 1.54) is 11.8 Å².